The lowest BCUT2D eigenvalue weighted by molar-refractivity contribution is -0.121. The van der Waals surface area contributed by atoms with E-state index < -0.39 is 0 Å². The van der Waals surface area contributed by atoms with Crippen LogP contribution in [0.4, 0.5) is 0 Å². The number of ketones is 1. The van der Waals surface area contributed by atoms with Crippen LogP contribution in [-0.4, -0.2) is 17.0 Å². The molecule has 2 nitrogen and oxygen atoms in total. The highest BCUT2D eigenvalue weighted by molar-refractivity contribution is 6.01. The third kappa shape index (κ3) is 1.66. The summed E-state index contributed by atoms with van der Waals surface area (Å²) in [7, 11) is 0. The quantitative estimate of drug-likeness (QED) is 0.690. The Hall–Kier alpha value is -1.15. The van der Waals surface area contributed by atoms with Crippen LogP contribution in [0.5, 0.6) is 0 Å². The van der Waals surface area contributed by atoms with Gasteiger partial charge in [0.05, 0.1) is 11.5 Å². The van der Waals surface area contributed by atoms with Crippen molar-refractivity contribution < 1.29 is 9.90 Å². The highest BCUT2D eigenvalue weighted by Gasteiger charge is 2.52. The van der Waals surface area contributed by atoms with Crippen LogP contribution in [0, 0.1) is 22.7 Å². The Labute approximate surface area is 126 Å². The average Bonchev–Trinajstić information content (AvgIpc) is 2.76. The molecule has 0 aromatic carbocycles. The Morgan fingerprint density at radius 3 is 2.86 bits per heavy atom. The monoisotopic (exact) mass is 284 g/mol. The molecule has 4 aliphatic rings. The summed E-state index contributed by atoms with van der Waals surface area (Å²) in [6.45, 7) is 4.50. The molecule has 0 spiro atoms. The lowest BCUT2D eigenvalue weighted by atomic mass is 9.51. The van der Waals surface area contributed by atoms with Gasteiger partial charge in [0.25, 0.3) is 0 Å². The van der Waals surface area contributed by atoms with Crippen LogP contribution in [0.1, 0.15) is 46.0 Å². The van der Waals surface area contributed by atoms with E-state index in [1.165, 1.54) is 11.1 Å². The summed E-state index contributed by atoms with van der Waals surface area (Å²) < 4.78 is 0. The number of hydrogen-bond acceptors (Lipinski definition) is 2. The summed E-state index contributed by atoms with van der Waals surface area (Å²) in [6.07, 6.45) is 13.1. The van der Waals surface area contributed by atoms with Crippen molar-refractivity contribution in [2.45, 2.75) is 52.1 Å². The summed E-state index contributed by atoms with van der Waals surface area (Å²) in [4.78, 5) is 12.2. The summed E-state index contributed by atoms with van der Waals surface area (Å²) >= 11 is 0. The second-order valence-electron chi connectivity index (χ2n) is 7.82. The molecule has 1 saturated carbocycles. The van der Waals surface area contributed by atoms with E-state index in [9.17, 15) is 9.90 Å². The second kappa shape index (κ2) is 4.19. The maximum atomic E-state index is 12.2. The zero-order valence-electron chi connectivity index (χ0n) is 12.9. The number of carbonyl (C=O) groups is 1. The van der Waals surface area contributed by atoms with E-state index in [2.05, 4.69) is 26.0 Å². The summed E-state index contributed by atoms with van der Waals surface area (Å²) in [5.74, 6) is 1.43. The molecule has 0 saturated heterocycles. The Bertz CT molecular complexity index is 597. The number of fused-ring (bicyclic) bond motifs is 4. The van der Waals surface area contributed by atoms with E-state index in [0.29, 0.717) is 17.6 Å². The van der Waals surface area contributed by atoms with Gasteiger partial charge in [0.1, 0.15) is 0 Å². The van der Waals surface area contributed by atoms with E-state index >= 15 is 0 Å². The van der Waals surface area contributed by atoms with Crippen LogP contribution in [0.25, 0.3) is 0 Å². The molecule has 0 aromatic rings. The van der Waals surface area contributed by atoms with Gasteiger partial charge < -0.3 is 5.11 Å². The van der Waals surface area contributed by atoms with E-state index in [1.807, 2.05) is 6.08 Å². The van der Waals surface area contributed by atoms with Crippen LogP contribution < -0.4 is 0 Å². The molecule has 1 fully saturated rings. The first-order valence-electron chi connectivity index (χ1n) is 8.28. The molecular weight excluding hydrogens is 260 g/mol. The summed E-state index contributed by atoms with van der Waals surface area (Å²) in [6, 6.07) is 0. The zero-order chi connectivity index (χ0) is 14.8. The van der Waals surface area contributed by atoms with Crippen molar-refractivity contribution in [2.75, 3.05) is 0 Å². The first kappa shape index (κ1) is 13.5. The Kier molecular flexibility index (Phi) is 2.70. The molecule has 2 heteroatoms. The van der Waals surface area contributed by atoms with E-state index in [4.69, 9.17) is 0 Å². The normalized spacial score (nSPS) is 48.1. The Morgan fingerprint density at radius 2 is 2.05 bits per heavy atom. The molecule has 4 aliphatic carbocycles. The van der Waals surface area contributed by atoms with Crippen molar-refractivity contribution in [1.29, 1.82) is 0 Å². The molecule has 0 aromatic heterocycles. The van der Waals surface area contributed by atoms with Gasteiger partial charge in [0.2, 0.25) is 0 Å². The van der Waals surface area contributed by atoms with Crippen LogP contribution in [-0.2, 0) is 4.79 Å². The van der Waals surface area contributed by atoms with Crippen LogP contribution in [0.3, 0.4) is 0 Å². The largest absolute Gasteiger partial charge is 0.389 e. The third-order valence-corrected chi connectivity index (χ3v) is 6.84. The predicted molar refractivity (Wildman–Crippen MR) is 82.6 cm³/mol. The highest BCUT2D eigenvalue weighted by Crippen LogP contribution is 2.60. The maximum absolute atomic E-state index is 12.2. The molecule has 4 rings (SSSR count). The van der Waals surface area contributed by atoms with Crippen molar-refractivity contribution in [1.82, 2.24) is 0 Å². The minimum atomic E-state index is -0.265. The number of aliphatic hydroxyl groups excluding tert-OH is 1. The molecule has 1 N–H and O–H groups in total. The van der Waals surface area contributed by atoms with Crippen molar-refractivity contribution in [3.63, 3.8) is 0 Å². The lowest BCUT2D eigenvalue weighted by Gasteiger charge is -2.53. The average molecular weight is 284 g/mol. The topological polar surface area (TPSA) is 37.3 Å². The third-order valence-electron chi connectivity index (χ3n) is 6.84. The van der Waals surface area contributed by atoms with Crippen molar-refractivity contribution in [3.8, 4) is 0 Å². The first-order chi connectivity index (χ1) is 9.95. The van der Waals surface area contributed by atoms with Gasteiger partial charge in [-0.2, -0.15) is 0 Å². The molecular formula is C19H24O2. The van der Waals surface area contributed by atoms with Gasteiger partial charge in [0.15, 0.2) is 5.78 Å². The molecule has 2 unspecified atom stereocenters. The van der Waals surface area contributed by atoms with Gasteiger partial charge in [-0.15, -0.1) is 0 Å². The fourth-order valence-electron chi connectivity index (χ4n) is 5.41. The Morgan fingerprint density at radius 1 is 1.24 bits per heavy atom. The fraction of sp³-hybridized carbons (Fsp3) is 0.632. The van der Waals surface area contributed by atoms with Crippen LogP contribution in [0.2, 0.25) is 0 Å². The number of allylic oxidation sites excluding steroid dienone is 5. The van der Waals surface area contributed by atoms with E-state index in [1.54, 1.807) is 6.08 Å². The van der Waals surface area contributed by atoms with Crippen LogP contribution >= 0.6 is 0 Å². The predicted octanol–water partition coefficient (Wildman–Crippen LogP) is 3.58. The second-order valence-corrected chi connectivity index (χ2v) is 7.82. The minimum Gasteiger partial charge on any atom is -0.389 e. The maximum Gasteiger partial charge on any atom is 0.165 e. The standard InChI is InChI=1S/C19H24O2/c1-18-9-7-13(20)11-12(18)3-4-14-15-5-6-17(21)19(15,2)10-8-16(14)18/h5-7,9,12-13,16,20H,3-4,8,10-11H2,1-2H3/t12?,13-,16?,18-,19-/m0/s1. The summed E-state index contributed by atoms with van der Waals surface area (Å²) in [5.41, 5.74) is 2.78. The van der Waals surface area contributed by atoms with Crippen LogP contribution in [0.15, 0.2) is 35.5 Å². The van der Waals surface area contributed by atoms with Gasteiger partial charge in [-0.3, -0.25) is 4.79 Å². The number of carbonyl (C=O) groups excluding carboxylic acids is 1. The molecule has 21 heavy (non-hydrogen) atoms. The van der Waals surface area contributed by atoms with Gasteiger partial charge in [-0.05, 0) is 67.9 Å². The Balaban J connectivity index is 1.81. The lowest BCUT2D eigenvalue weighted by Crippen LogP contribution is -2.46. The number of rotatable bonds is 0. The molecule has 5 atom stereocenters. The number of aliphatic hydroxyl groups is 1. The molecule has 0 aliphatic heterocycles. The molecule has 0 bridgehead atoms. The van der Waals surface area contributed by atoms with Gasteiger partial charge in [-0.25, -0.2) is 0 Å². The zero-order valence-corrected chi connectivity index (χ0v) is 12.9. The first-order valence-corrected chi connectivity index (χ1v) is 8.28. The summed E-state index contributed by atoms with van der Waals surface area (Å²) in [5, 5.41) is 9.93. The van der Waals surface area contributed by atoms with Crippen molar-refractivity contribution in [3.05, 3.63) is 35.5 Å². The smallest absolute Gasteiger partial charge is 0.165 e. The van der Waals surface area contributed by atoms with Gasteiger partial charge in [-0.1, -0.05) is 30.7 Å². The fourth-order valence-corrected chi connectivity index (χ4v) is 5.41. The highest BCUT2D eigenvalue weighted by atomic mass is 16.3. The van der Waals surface area contributed by atoms with Gasteiger partial charge >= 0.3 is 0 Å². The number of hydrogen-bond donors (Lipinski definition) is 1. The minimum absolute atomic E-state index is 0.167. The van der Waals surface area contributed by atoms with Crippen molar-refractivity contribution >= 4 is 5.78 Å². The molecule has 0 radical (unpaired) electrons. The molecule has 112 valence electrons. The SMILES string of the molecule is C[C@]12CCC3C(=C1C=CC2=O)CCC1C[C@@H](O)C=C[C@@]13C. The van der Waals surface area contributed by atoms with E-state index in [-0.39, 0.29) is 16.9 Å². The molecule has 0 amide bonds. The molecule has 0 heterocycles. The van der Waals surface area contributed by atoms with E-state index in [0.717, 1.165) is 32.1 Å². The van der Waals surface area contributed by atoms with Gasteiger partial charge in [0, 0.05) is 0 Å². The van der Waals surface area contributed by atoms with Crippen molar-refractivity contribution in [2.24, 2.45) is 22.7 Å².